The summed E-state index contributed by atoms with van der Waals surface area (Å²) in [6.07, 6.45) is 3.90. The largest absolute Gasteiger partial charge is 0.309 e. The molecule has 3 aromatic heterocycles. The summed E-state index contributed by atoms with van der Waals surface area (Å²) in [5.74, 6) is 1.30. The van der Waals surface area contributed by atoms with E-state index in [-0.39, 0.29) is 0 Å². The van der Waals surface area contributed by atoms with Gasteiger partial charge in [0.1, 0.15) is 11.0 Å². The minimum atomic E-state index is 0.646. The van der Waals surface area contributed by atoms with Crippen LogP contribution in [0.1, 0.15) is 0 Å². The van der Waals surface area contributed by atoms with Gasteiger partial charge in [-0.15, -0.1) is 0 Å². The molecule has 0 saturated heterocycles. The molecule has 0 bridgehead atoms. The van der Waals surface area contributed by atoms with E-state index in [9.17, 15) is 0 Å². The first kappa shape index (κ1) is 31.1. The number of hydrogen-bond acceptors (Lipinski definition) is 4. The van der Waals surface area contributed by atoms with Crippen LogP contribution in [0, 0.1) is 0 Å². The van der Waals surface area contributed by atoms with E-state index in [1.807, 2.05) is 18.5 Å². The Bertz CT molecular complexity index is 3200. The first-order chi connectivity index (χ1) is 27.3. The van der Waals surface area contributed by atoms with E-state index in [1.165, 1.54) is 21.9 Å². The van der Waals surface area contributed by atoms with Gasteiger partial charge in [0.25, 0.3) is 0 Å². The normalized spacial score (nSPS) is 11.6. The van der Waals surface area contributed by atoms with Crippen LogP contribution in [0.4, 0.5) is 0 Å². The van der Waals surface area contributed by atoms with E-state index >= 15 is 0 Å². The van der Waals surface area contributed by atoms with Gasteiger partial charge in [-0.2, -0.15) is 0 Å². The van der Waals surface area contributed by atoms with Crippen molar-refractivity contribution in [2.24, 2.45) is 0 Å². The summed E-state index contributed by atoms with van der Waals surface area (Å²) in [4.78, 5) is 20.5. The molecule has 0 spiro atoms. The number of nitrogens with zero attached hydrogens (tertiary/aromatic N) is 5. The number of benzene rings is 8. The molecule has 0 saturated carbocycles. The molecule has 0 atom stereocenters. The van der Waals surface area contributed by atoms with Crippen molar-refractivity contribution in [3.8, 4) is 50.7 Å². The molecule has 0 amide bonds. The Morgan fingerprint density at radius 2 is 0.745 bits per heavy atom. The highest BCUT2D eigenvalue weighted by Crippen LogP contribution is 2.37. The van der Waals surface area contributed by atoms with Gasteiger partial charge in [-0.3, -0.25) is 0 Å². The average Bonchev–Trinajstić information content (AvgIpc) is 3.61. The number of hydrogen-bond donors (Lipinski definition) is 0. The first-order valence-electron chi connectivity index (χ1n) is 18.5. The third kappa shape index (κ3) is 5.17. The van der Waals surface area contributed by atoms with Crippen molar-refractivity contribution < 1.29 is 0 Å². The zero-order chi connectivity index (χ0) is 36.3. The Balaban J connectivity index is 1.04. The molecule has 0 unspecified atom stereocenters. The van der Waals surface area contributed by atoms with Gasteiger partial charge in [-0.25, -0.2) is 19.9 Å². The third-order valence-electron chi connectivity index (χ3n) is 10.7. The smallest absolute Gasteiger partial charge is 0.159 e. The van der Waals surface area contributed by atoms with Crippen LogP contribution in [0.2, 0.25) is 0 Å². The lowest BCUT2D eigenvalue weighted by Gasteiger charge is -2.12. The summed E-state index contributed by atoms with van der Waals surface area (Å²) < 4.78 is 2.32. The molecule has 11 aromatic rings. The molecule has 3 heterocycles. The van der Waals surface area contributed by atoms with E-state index in [0.717, 1.165) is 71.6 Å². The predicted molar refractivity (Wildman–Crippen MR) is 226 cm³/mol. The second-order valence-corrected chi connectivity index (χ2v) is 13.9. The van der Waals surface area contributed by atoms with Crippen molar-refractivity contribution in [3.63, 3.8) is 0 Å². The molecule has 0 aliphatic rings. The maximum Gasteiger partial charge on any atom is 0.159 e. The Morgan fingerprint density at radius 1 is 0.309 bits per heavy atom. The average molecular weight is 702 g/mol. The van der Waals surface area contributed by atoms with Crippen LogP contribution in [0.3, 0.4) is 0 Å². The van der Waals surface area contributed by atoms with Crippen LogP contribution in [0.5, 0.6) is 0 Å². The highest BCUT2D eigenvalue weighted by Gasteiger charge is 2.17. The monoisotopic (exact) mass is 701 g/mol. The van der Waals surface area contributed by atoms with Crippen LogP contribution >= 0.6 is 0 Å². The minimum absolute atomic E-state index is 0.646. The lowest BCUT2D eigenvalue weighted by atomic mass is 9.99. The van der Waals surface area contributed by atoms with Gasteiger partial charge >= 0.3 is 0 Å². The molecule has 8 aromatic carbocycles. The van der Waals surface area contributed by atoms with Crippen LogP contribution in [-0.4, -0.2) is 24.5 Å². The van der Waals surface area contributed by atoms with E-state index in [0.29, 0.717) is 11.6 Å². The fourth-order valence-corrected chi connectivity index (χ4v) is 8.06. The van der Waals surface area contributed by atoms with E-state index in [1.54, 1.807) is 0 Å². The maximum atomic E-state index is 5.29. The summed E-state index contributed by atoms with van der Waals surface area (Å²) in [5.41, 5.74) is 11.5. The predicted octanol–water partition coefficient (Wildman–Crippen LogP) is 12.5. The van der Waals surface area contributed by atoms with Crippen LogP contribution < -0.4 is 0 Å². The summed E-state index contributed by atoms with van der Waals surface area (Å²) in [6, 6.07) is 61.6. The second kappa shape index (κ2) is 12.6. The SMILES string of the molecule is c1ccc(-c2ccc(-c3cccc(-c4ncc5c6ccccc6c6cnc(-c7cccc(-n8c9ccccc9c9ccccc98)c7)nc6c5n4)c3)cc2)cc1. The highest BCUT2D eigenvalue weighted by atomic mass is 15.0. The van der Waals surface area contributed by atoms with Crippen LogP contribution in [0.15, 0.2) is 188 Å². The molecular formula is C50H31N5. The molecule has 0 aliphatic carbocycles. The molecular weight excluding hydrogens is 671 g/mol. The van der Waals surface area contributed by atoms with Crippen molar-refractivity contribution in [3.05, 3.63) is 188 Å². The summed E-state index contributed by atoms with van der Waals surface area (Å²) in [7, 11) is 0. The lowest BCUT2D eigenvalue weighted by Crippen LogP contribution is -1.98. The van der Waals surface area contributed by atoms with Crippen molar-refractivity contribution >= 4 is 54.4 Å². The van der Waals surface area contributed by atoms with Gasteiger partial charge in [0.15, 0.2) is 11.6 Å². The molecule has 5 heteroatoms. The zero-order valence-corrected chi connectivity index (χ0v) is 29.6. The Kier molecular flexibility index (Phi) is 7.10. The lowest BCUT2D eigenvalue weighted by molar-refractivity contribution is 1.17. The van der Waals surface area contributed by atoms with Gasteiger partial charge in [-0.1, -0.05) is 146 Å². The fraction of sp³-hybridized carbons (Fsp3) is 0. The Hall–Kier alpha value is -7.50. The van der Waals surface area contributed by atoms with Crippen molar-refractivity contribution in [1.82, 2.24) is 24.5 Å². The van der Waals surface area contributed by atoms with Crippen molar-refractivity contribution in [1.29, 1.82) is 0 Å². The van der Waals surface area contributed by atoms with E-state index in [2.05, 4.69) is 174 Å². The molecule has 11 rings (SSSR count). The standard InChI is InChI=1S/C50H31N5/c1-2-12-32(13-3-1)33-24-26-34(27-25-33)35-14-10-15-36(28-35)49-51-30-43-39-18-4-5-19-40(39)44-31-52-50(54-48(44)47(43)53-49)37-16-11-17-38(29-37)55-45-22-8-6-20-41(45)42-21-7-9-23-46(42)55/h1-31H. The topological polar surface area (TPSA) is 56.5 Å². The van der Waals surface area contributed by atoms with Gasteiger partial charge in [-0.05, 0) is 63.4 Å². The zero-order valence-electron chi connectivity index (χ0n) is 29.6. The number of fused-ring (bicyclic) bond motifs is 9. The number of para-hydroxylation sites is 2. The summed E-state index contributed by atoms with van der Waals surface area (Å²) in [6.45, 7) is 0. The molecule has 0 fully saturated rings. The fourth-order valence-electron chi connectivity index (χ4n) is 8.06. The third-order valence-corrected chi connectivity index (χ3v) is 10.7. The van der Waals surface area contributed by atoms with Crippen molar-refractivity contribution in [2.45, 2.75) is 0 Å². The summed E-state index contributed by atoms with van der Waals surface area (Å²) >= 11 is 0. The summed E-state index contributed by atoms with van der Waals surface area (Å²) in [5, 5.41) is 6.53. The molecule has 256 valence electrons. The number of rotatable bonds is 5. The molecule has 0 N–H and O–H groups in total. The van der Waals surface area contributed by atoms with Crippen LogP contribution in [-0.2, 0) is 0 Å². The van der Waals surface area contributed by atoms with Gasteiger partial charge in [0.05, 0.1) is 11.0 Å². The minimum Gasteiger partial charge on any atom is -0.309 e. The highest BCUT2D eigenvalue weighted by molar-refractivity contribution is 6.23. The van der Waals surface area contributed by atoms with Gasteiger partial charge in [0, 0.05) is 50.8 Å². The van der Waals surface area contributed by atoms with Crippen LogP contribution in [0.25, 0.3) is 105 Å². The molecule has 0 radical (unpaired) electrons. The molecule has 55 heavy (non-hydrogen) atoms. The van der Waals surface area contributed by atoms with E-state index < -0.39 is 0 Å². The Morgan fingerprint density at radius 3 is 1.35 bits per heavy atom. The first-order valence-corrected chi connectivity index (χ1v) is 18.5. The van der Waals surface area contributed by atoms with Gasteiger partial charge in [0.2, 0.25) is 0 Å². The second-order valence-electron chi connectivity index (χ2n) is 13.9. The quantitative estimate of drug-likeness (QED) is 0.168. The maximum absolute atomic E-state index is 5.29. The van der Waals surface area contributed by atoms with Crippen molar-refractivity contribution in [2.75, 3.05) is 0 Å². The molecule has 0 aliphatic heterocycles. The molecule has 5 nitrogen and oxygen atoms in total. The Labute approximate surface area is 316 Å². The number of aromatic nitrogens is 5. The van der Waals surface area contributed by atoms with E-state index in [4.69, 9.17) is 19.9 Å². The van der Waals surface area contributed by atoms with Gasteiger partial charge < -0.3 is 4.57 Å².